The third-order valence-electron chi connectivity index (χ3n) is 6.79. The van der Waals surface area contributed by atoms with E-state index in [-0.39, 0.29) is 41.3 Å². The molecular formula is C23H26N3O4P. The molecule has 4 heterocycles. The molecule has 1 aromatic carbocycles. The zero-order chi connectivity index (χ0) is 21.5. The van der Waals surface area contributed by atoms with Crippen molar-refractivity contribution in [3.63, 3.8) is 0 Å². The lowest BCUT2D eigenvalue weighted by Gasteiger charge is -2.38. The molecule has 2 saturated heterocycles. The lowest BCUT2D eigenvalue weighted by atomic mass is 10.0. The Balaban J connectivity index is 1.47. The first-order valence-electron chi connectivity index (χ1n) is 10.9. The number of carbonyl (C=O) groups is 2. The van der Waals surface area contributed by atoms with Crippen LogP contribution in [0.3, 0.4) is 0 Å². The SMILES string of the molecule is O=C(CCc1ccccc1)c1cn2c(c(OP)c1=O)C(=O)N1C[C@@H]3CCCCN3[C@@H]1C2. The summed E-state index contributed by atoms with van der Waals surface area (Å²) < 4.78 is 7.07. The molecule has 5 rings (SSSR count). The zero-order valence-electron chi connectivity index (χ0n) is 17.3. The Morgan fingerprint density at radius 1 is 1.13 bits per heavy atom. The van der Waals surface area contributed by atoms with Gasteiger partial charge >= 0.3 is 0 Å². The average molecular weight is 439 g/mol. The first-order chi connectivity index (χ1) is 15.1. The van der Waals surface area contributed by atoms with Crippen molar-refractivity contribution in [3.8, 4) is 5.75 Å². The number of benzene rings is 1. The number of carbonyl (C=O) groups excluding carboxylic acids is 2. The van der Waals surface area contributed by atoms with Gasteiger partial charge in [0.05, 0.1) is 21.6 Å². The summed E-state index contributed by atoms with van der Waals surface area (Å²) in [5.41, 5.74) is 0.870. The second kappa shape index (κ2) is 8.21. The highest BCUT2D eigenvalue weighted by molar-refractivity contribution is 7.10. The molecule has 0 saturated carbocycles. The fraction of sp³-hybridized carbons (Fsp3) is 0.435. The van der Waals surface area contributed by atoms with Crippen LogP contribution in [0.5, 0.6) is 5.75 Å². The van der Waals surface area contributed by atoms with Gasteiger partial charge in [0.1, 0.15) is 6.17 Å². The molecule has 3 aliphatic rings. The molecule has 1 amide bonds. The van der Waals surface area contributed by atoms with Crippen LogP contribution in [-0.4, -0.2) is 51.4 Å². The van der Waals surface area contributed by atoms with E-state index in [0.717, 1.165) is 24.9 Å². The van der Waals surface area contributed by atoms with Gasteiger partial charge in [-0.15, -0.1) is 0 Å². The number of nitrogens with zero attached hydrogens (tertiary/aromatic N) is 3. The maximum absolute atomic E-state index is 13.3. The summed E-state index contributed by atoms with van der Waals surface area (Å²) in [7, 11) is 2.06. The molecule has 0 spiro atoms. The summed E-state index contributed by atoms with van der Waals surface area (Å²) in [4.78, 5) is 43.6. The highest BCUT2D eigenvalue weighted by Crippen LogP contribution is 2.35. The van der Waals surface area contributed by atoms with E-state index in [0.29, 0.717) is 25.6 Å². The van der Waals surface area contributed by atoms with Crippen LogP contribution in [-0.2, 0) is 13.0 Å². The molecule has 31 heavy (non-hydrogen) atoms. The standard InChI is InChI=1S/C23H26N3O4P/c27-18(10-9-15-6-2-1-3-7-15)17-13-24-14-19-25-11-5-4-8-16(25)12-26(19)23(29)20(24)22(30-31)21(17)28/h1-3,6-7,13,16,19H,4-5,8-12,14,31H2/t16-,19-/m0/s1. The predicted octanol–water partition coefficient (Wildman–Crippen LogP) is 2.48. The van der Waals surface area contributed by atoms with Crippen molar-refractivity contribution < 1.29 is 14.1 Å². The lowest BCUT2D eigenvalue weighted by Crippen LogP contribution is -2.51. The molecule has 0 radical (unpaired) electrons. The summed E-state index contributed by atoms with van der Waals surface area (Å²) >= 11 is 0. The number of Topliss-reactive ketones (excluding diaryl/α,β-unsaturated/α-hetero) is 1. The number of hydrogen-bond acceptors (Lipinski definition) is 5. The molecule has 2 aromatic rings. The van der Waals surface area contributed by atoms with E-state index >= 15 is 0 Å². The molecule has 0 aliphatic carbocycles. The van der Waals surface area contributed by atoms with E-state index in [4.69, 9.17) is 4.52 Å². The van der Waals surface area contributed by atoms with E-state index in [1.54, 1.807) is 10.8 Å². The summed E-state index contributed by atoms with van der Waals surface area (Å²) in [5, 5.41) is 0. The number of ketones is 1. The maximum atomic E-state index is 13.3. The quantitative estimate of drug-likeness (QED) is 0.529. The molecule has 1 aromatic heterocycles. The van der Waals surface area contributed by atoms with Crippen molar-refractivity contribution in [1.82, 2.24) is 14.4 Å². The number of rotatable bonds is 5. The van der Waals surface area contributed by atoms with Gasteiger partial charge in [-0.1, -0.05) is 36.8 Å². The monoisotopic (exact) mass is 439 g/mol. The van der Waals surface area contributed by atoms with Gasteiger partial charge in [-0.2, -0.15) is 0 Å². The molecule has 162 valence electrons. The number of piperidine rings is 1. The van der Waals surface area contributed by atoms with Crippen molar-refractivity contribution in [2.75, 3.05) is 13.1 Å². The van der Waals surface area contributed by atoms with Crippen LogP contribution in [0, 0.1) is 0 Å². The fourth-order valence-electron chi connectivity index (χ4n) is 5.22. The van der Waals surface area contributed by atoms with Crippen LogP contribution < -0.4 is 9.95 Å². The van der Waals surface area contributed by atoms with Crippen LogP contribution in [0.2, 0.25) is 0 Å². The van der Waals surface area contributed by atoms with Crippen LogP contribution >= 0.6 is 9.47 Å². The van der Waals surface area contributed by atoms with Gasteiger partial charge in [0.15, 0.2) is 17.2 Å². The second-order valence-electron chi connectivity index (χ2n) is 8.55. The molecular weight excluding hydrogens is 413 g/mol. The highest BCUT2D eigenvalue weighted by atomic mass is 31.0. The Bertz CT molecular complexity index is 1080. The van der Waals surface area contributed by atoms with Gasteiger partial charge in [0.2, 0.25) is 5.43 Å². The van der Waals surface area contributed by atoms with Crippen molar-refractivity contribution in [2.45, 2.75) is 50.9 Å². The molecule has 8 heteroatoms. The molecule has 2 fully saturated rings. The Morgan fingerprint density at radius 2 is 1.94 bits per heavy atom. The number of pyridine rings is 1. The zero-order valence-corrected chi connectivity index (χ0v) is 18.5. The number of fused-ring (bicyclic) bond motifs is 4. The van der Waals surface area contributed by atoms with Crippen LogP contribution in [0.4, 0.5) is 0 Å². The van der Waals surface area contributed by atoms with E-state index in [2.05, 4.69) is 14.4 Å². The van der Waals surface area contributed by atoms with Crippen LogP contribution in [0.15, 0.2) is 41.3 Å². The minimum absolute atomic E-state index is 0.0302. The minimum atomic E-state index is -0.511. The number of aryl methyl sites for hydroxylation is 1. The van der Waals surface area contributed by atoms with E-state index in [9.17, 15) is 14.4 Å². The summed E-state index contributed by atoms with van der Waals surface area (Å²) in [5.74, 6) is -0.475. The van der Waals surface area contributed by atoms with Gasteiger partial charge in [-0.3, -0.25) is 19.3 Å². The van der Waals surface area contributed by atoms with Gasteiger partial charge in [-0.05, 0) is 24.8 Å². The summed E-state index contributed by atoms with van der Waals surface area (Å²) in [6.45, 7) is 2.20. The molecule has 0 bridgehead atoms. The van der Waals surface area contributed by atoms with Crippen LogP contribution in [0.25, 0.3) is 0 Å². The Hall–Kier alpha value is -2.50. The van der Waals surface area contributed by atoms with Gasteiger partial charge in [0, 0.05) is 31.7 Å². The van der Waals surface area contributed by atoms with Gasteiger partial charge < -0.3 is 14.0 Å². The molecule has 3 aliphatic heterocycles. The summed E-state index contributed by atoms with van der Waals surface area (Å²) in [6, 6.07) is 10.1. The molecule has 1 unspecified atom stereocenters. The fourth-order valence-corrected chi connectivity index (χ4v) is 5.44. The predicted molar refractivity (Wildman–Crippen MR) is 119 cm³/mol. The van der Waals surface area contributed by atoms with E-state index < -0.39 is 5.43 Å². The number of amides is 1. The van der Waals surface area contributed by atoms with Crippen molar-refractivity contribution >= 4 is 21.2 Å². The van der Waals surface area contributed by atoms with Crippen LogP contribution in [0.1, 0.15) is 52.1 Å². The molecule has 3 atom stereocenters. The Morgan fingerprint density at radius 3 is 2.71 bits per heavy atom. The molecule has 7 nitrogen and oxygen atoms in total. The largest absolute Gasteiger partial charge is 0.474 e. The normalized spacial score (nSPS) is 22.6. The van der Waals surface area contributed by atoms with Gasteiger partial charge in [-0.25, -0.2) is 0 Å². The average Bonchev–Trinajstić information content (AvgIpc) is 3.17. The van der Waals surface area contributed by atoms with Crippen molar-refractivity contribution in [3.05, 3.63) is 63.6 Å². The third kappa shape index (κ3) is 3.50. The first kappa shape index (κ1) is 20.4. The smallest absolute Gasteiger partial charge is 0.275 e. The maximum Gasteiger partial charge on any atom is 0.275 e. The minimum Gasteiger partial charge on any atom is -0.474 e. The van der Waals surface area contributed by atoms with E-state index in [1.165, 1.54) is 6.42 Å². The first-order valence-corrected chi connectivity index (χ1v) is 11.3. The Labute approximate surface area is 183 Å². The Kier molecular flexibility index (Phi) is 5.40. The topological polar surface area (TPSA) is 71.8 Å². The highest BCUT2D eigenvalue weighted by Gasteiger charge is 2.47. The van der Waals surface area contributed by atoms with E-state index in [1.807, 2.05) is 35.2 Å². The van der Waals surface area contributed by atoms with Gasteiger partial charge in [0.25, 0.3) is 5.91 Å². The second-order valence-corrected chi connectivity index (χ2v) is 8.79. The van der Waals surface area contributed by atoms with Crippen molar-refractivity contribution in [2.24, 2.45) is 0 Å². The molecule has 0 N–H and O–H groups in total. The third-order valence-corrected chi connectivity index (χ3v) is 7.02. The number of aromatic nitrogens is 1. The lowest BCUT2D eigenvalue weighted by molar-refractivity contribution is 0.0454. The summed E-state index contributed by atoms with van der Waals surface area (Å²) in [6.07, 6.45) is 5.73. The van der Waals surface area contributed by atoms with Crippen molar-refractivity contribution in [1.29, 1.82) is 0 Å². The number of hydrogen-bond donors (Lipinski definition) is 0.